The van der Waals surface area contributed by atoms with Crippen molar-refractivity contribution in [2.45, 2.75) is 51.6 Å². The van der Waals surface area contributed by atoms with Gasteiger partial charge in [-0.15, -0.1) is 0 Å². The molecule has 2 heterocycles. The molecule has 0 bridgehead atoms. The number of hydrogen-bond acceptors (Lipinski definition) is 4. The third kappa shape index (κ3) is 4.15. The number of hydrogen-bond donors (Lipinski definition) is 2. The third-order valence-corrected chi connectivity index (χ3v) is 4.74. The summed E-state index contributed by atoms with van der Waals surface area (Å²) in [6, 6.07) is 3.54. The van der Waals surface area contributed by atoms with Crippen LogP contribution in [0.3, 0.4) is 0 Å². The second kappa shape index (κ2) is 7.51. The Hall–Kier alpha value is -2.31. The van der Waals surface area contributed by atoms with Gasteiger partial charge in [-0.05, 0) is 25.0 Å². The van der Waals surface area contributed by atoms with E-state index in [1.54, 1.807) is 23.3 Å². The van der Waals surface area contributed by atoms with E-state index < -0.39 is 17.4 Å². The summed E-state index contributed by atoms with van der Waals surface area (Å²) in [6.07, 6.45) is 2.62. The van der Waals surface area contributed by atoms with Gasteiger partial charge in [0.15, 0.2) is 0 Å². The van der Waals surface area contributed by atoms with Gasteiger partial charge >= 0.3 is 5.97 Å². The molecule has 1 unspecified atom stereocenters. The van der Waals surface area contributed by atoms with E-state index in [2.05, 4.69) is 5.32 Å². The molecular weight excluding hydrogens is 312 g/mol. The second-order valence-electron chi connectivity index (χ2n) is 6.30. The molecule has 1 fully saturated rings. The standard InChI is InChI=1S/C17H24N2O5/c1-3-17(4-2,9-15(21)22)18-16(23)12-8-14(20)19(10-12)11-13-6-5-7-24-13/h5-7,12H,3-4,8-11H2,1-2H3,(H,18,23)(H,21,22). The number of likely N-dealkylation sites (tertiary alicyclic amines) is 1. The molecule has 2 rings (SSSR count). The Morgan fingerprint density at radius 2 is 2.12 bits per heavy atom. The predicted octanol–water partition coefficient (Wildman–Crippen LogP) is 1.78. The second-order valence-corrected chi connectivity index (χ2v) is 6.30. The molecule has 0 aromatic carbocycles. The first-order valence-electron chi connectivity index (χ1n) is 8.23. The molecule has 2 N–H and O–H groups in total. The molecule has 1 aromatic rings. The summed E-state index contributed by atoms with van der Waals surface area (Å²) in [7, 11) is 0. The molecule has 0 radical (unpaired) electrons. The van der Waals surface area contributed by atoms with Crippen LogP contribution in [0.1, 0.15) is 45.3 Å². The normalized spacial score (nSPS) is 18.0. The highest BCUT2D eigenvalue weighted by Crippen LogP contribution is 2.24. The van der Waals surface area contributed by atoms with Gasteiger partial charge in [-0.3, -0.25) is 14.4 Å². The van der Waals surface area contributed by atoms with Crippen molar-refractivity contribution in [1.82, 2.24) is 10.2 Å². The van der Waals surface area contributed by atoms with E-state index in [0.717, 1.165) is 0 Å². The van der Waals surface area contributed by atoms with Crippen molar-refractivity contribution >= 4 is 17.8 Å². The number of nitrogens with zero attached hydrogens (tertiary/aromatic N) is 1. The van der Waals surface area contributed by atoms with Crippen molar-refractivity contribution < 1.29 is 23.9 Å². The minimum absolute atomic E-state index is 0.0941. The fourth-order valence-corrected chi connectivity index (χ4v) is 3.07. The lowest BCUT2D eigenvalue weighted by Gasteiger charge is -2.32. The van der Waals surface area contributed by atoms with Crippen molar-refractivity contribution in [3.05, 3.63) is 24.2 Å². The number of aliphatic carboxylic acids is 1. The van der Waals surface area contributed by atoms with Gasteiger partial charge in [-0.25, -0.2) is 0 Å². The fraction of sp³-hybridized carbons (Fsp3) is 0.588. The first-order valence-corrected chi connectivity index (χ1v) is 8.23. The van der Waals surface area contributed by atoms with Gasteiger partial charge < -0.3 is 19.7 Å². The van der Waals surface area contributed by atoms with Crippen molar-refractivity contribution in [3.63, 3.8) is 0 Å². The number of carbonyl (C=O) groups excluding carboxylic acids is 2. The minimum atomic E-state index is -0.944. The highest BCUT2D eigenvalue weighted by atomic mass is 16.4. The minimum Gasteiger partial charge on any atom is -0.481 e. The van der Waals surface area contributed by atoms with Crippen LogP contribution in [-0.2, 0) is 20.9 Å². The van der Waals surface area contributed by atoms with E-state index in [4.69, 9.17) is 9.52 Å². The van der Waals surface area contributed by atoms with E-state index in [-0.39, 0.29) is 24.7 Å². The van der Waals surface area contributed by atoms with Crippen molar-refractivity contribution in [1.29, 1.82) is 0 Å². The lowest BCUT2D eigenvalue weighted by molar-refractivity contribution is -0.139. The Bertz CT molecular complexity index is 592. The van der Waals surface area contributed by atoms with Crippen molar-refractivity contribution in [2.75, 3.05) is 6.54 Å². The summed E-state index contributed by atoms with van der Waals surface area (Å²) in [4.78, 5) is 37.3. The van der Waals surface area contributed by atoms with Crippen LogP contribution in [0.25, 0.3) is 0 Å². The Kier molecular flexibility index (Phi) is 5.64. The summed E-state index contributed by atoms with van der Waals surface area (Å²) < 4.78 is 5.24. The first-order chi connectivity index (χ1) is 11.4. The van der Waals surface area contributed by atoms with Crippen LogP contribution in [0.15, 0.2) is 22.8 Å². The quantitative estimate of drug-likeness (QED) is 0.754. The highest BCUT2D eigenvalue weighted by molar-refractivity contribution is 5.89. The van der Waals surface area contributed by atoms with Crippen LogP contribution in [0, 0.1) is 5.92 Å². The average Bonchev–Trinajstić information content (AvgIpc) is 3.17. The average molecular weight is 336 g/mol. The number of nitrogens with one attached hydrogen (secondary N) is 1. The third-order valence-electron chi connectivity index (χ3n) is 4.74. The SMILES string of the molecule is CCC(CC)(CC(=O)O)NC(=O)C1CC(=O)N(Cc2ccco2)C1. The Balaban J connectivity index is 1.99. The fourth-order valence-electron chi connectivity index (χ4n) is 3.07. The van der Waals surface area contributed by atoms with Gasteiger partial charge in [0.05, 0.1) is 25.1 Å². The molecule has 2 amide bonds. The molecule has 1 aromatic heterocycles. The zero-order valence-corrected chi connectivity index (χ0v) is 14.1. The van der Waals surface area contributed by atoms with Crippen LogP contribution >= 0.6 is 0 Å². The van der Waals surface area contributed by atoms with Crippen LogP contribution in [0.4, 0.5) is 0 Å². The van der Waals surface area contributed by atoms with Gasteiger partial charge in [-0.1, -0.05) is 13.8 Å². The summed E-state index contributed by atoms with van der Waals surface area (Å²) in [6.45, 7) is 4.38. The van der Waals surface area contributed by atoms with E-state index in [1.165, 1.54) is 0 Å². The topological polar surface area (TPSA) is 99.8 Å². The zero-order valence-electron chi connectivity index (χ0n) is 14.1. The lowest BCUT2D eigenvalue weighted by atomic mass is 9.88. The summed E-state index contributed by atoms with van der Waals surface area (Å²) >= 11 is 0. The zero-order chi connectivity index (χ0) is 17.7. The predicted molar refractivity (Wildman–Crippen MR) is 85.9 cm³/mol. The Labute approximate surface area is 141 Å². The molecule has 1 saturated heterocycles. The van der Waals surface area contributed by atoms with Crippen molar-refractivity contribution in [3.8, 4) is 0 Å². The number of furan rings is 1. The van der Waals surface area contributed by atoms with Gasteiger partial charge in [-0.2, -0.15) is 0 Å². The van der Waals surface area contributed by atoms with E-state index in [0.29, 0.717) is 31.7 Å². The summed E-state index contributed by atoms with van der Waals surface area (Å²) in [5.41, 5.74) is -0.763. The first kappa shape index (κ1) is 18.0. The molecule has 7 heteroatoms. The van der Waals surface area contributed by atoms with E-state index in [9.17, 15) is 14.4 Å². The number of carboxylic acid groups (broad SMARTS) is 1. The van der Waals surface area contributed by atoms with Crippen molar-refractivity contribution in [2.24, 2.45) is 5.92 Å². The van der Waals surface area contributed by atoms with E-state index >= 15 is 0 Å². The summed E-state index contributed by atoms with van der Waals surface area (Å²) in [5.74, 6) is -1.08. The van der Waals surface area contributed by atoms with Crippen LogP contribution in [0.5, 0.6) is 0 Å². The maximum absolute atomic E-state index is 12.5. The van der Waals surface area contributed by atoms with Crippen LogP contribution in [0.2, 0.25) is 0 Å². The maximum Gasteiger partial charge on any atom is 0.305 e. The lowest BCUT2D eigenvalue weighted by Crippen LogP contribution is -2.51. The Morgan fingerprint density at radius 1 is 1.42 bits per heavy atom. The molecule has 132 valence electrons. The van der Waals surface area contributed by atoms with Crippen LogP contribution < -0.4 is 5.32 Å². The molecule has 1 atom stereocenters. The number of carboxylic acids is 1. The van der Waals surface area contributed by atoms with Gasteiger partial charge in [0, 0.05) is 18.5 Å². The molecule has 0 spiro atoms. The number of amides is 2. The molecular formula is C17H24N2O5. The van der Waals surface area contributed by atoms with Gasteiger partial charge in [0.1, 0.15) is 5.76 Å². The largest absolute Gasteiger partial charge is 0.481 e. The molecule has 0 saturated carbocycles. The highest BCUT2D eigenvalue weighted by Gasteiger charge is 2.38. The van der Waals surface area contributed by atoms with E-state index in [1.807, 2.05) is 13.8 Å². The van der Waals surface area contributed by atoms with Gasteiger partial charge in [0.25, 0.3) is 0 Å². The van der Waals surface area contributed by atoms with Crippen LogP contribution in [-0.4, -0.2) is 39.9 Å². The Morgan fingerprint density at radius 3 is 2.67 bits per heavy atom. The molecule has 24 heavy (non-hydrogen) atoms. The monoisotopic (exact) mass is 336 g/mol. The molecule has 1 aliphatic heterocycles. The molecule has 1 aliphatic rings. The number of carbonyl (C=O) groups is 3. The smallest absolute Gasteiger partial charge is 0.305 e. The number of rotatable bonds is 8. The molecule has 7 nitrogen and oxygen atoms in total. The maximum atomic E-state index is 12.5. The van der Waals surface area contributed by atoms with Gasteiger partial charge in [0.2, 0.25) is 11.8 Å². The molecule has 0 aliphatic carbocycles. The summed E-state index contributed by atoms with van der Waals surface area (Å²) in [5, 5.41) is 12.0.